The molecule has 4 N–H and O–H groups in total. The zero-order valence-corrected chi connectivity index (χ0v) is 10.2. The van der Waals surface area contributed by atoms with Gasteiger partial charge in [-0.2, -0.15) is 0 Å². The molecule has 1 fully saturated rings. The Hall–Kier alpha value is -0.810. The molecule has 1 heterocycles. The van der Waals surface area contributed by atoms with Gasteiger partial charge in [-0.15, -0.1) is 0 Å². The summed E-state index contributed by atoms with van der Waals surface area (Å²) in [5.74, 6) is 0.392. The Balaban J connectivity index is 1.95. The van der Waals surface area contributed by atoms with Gasteiger partial charge < -0.3 is 21.2 Å². The third kappa shape index (κ3) is 4.81. The van der Waals surface area contributed by atoms with Gasteiger partial charge in [-0.05, 0) is 45.4 Å². The van der Waals surface area contributed by atoms with Crippen LogP contribution in [0, 0.1) is 5.92 Å². The molecule has 5 nitrogen and oxygen atoms in total. The van der Waals surface area contributed by atoms with Gasteiger partial charge in [0, 0.05) is 12.5 Å². The molecule has 1 aliphatic heterocycles. The average molecular weight is 228 g/mol. The second-order valence-electron chi connectivity index (χ2n) is 4.53. The van der Waals surface area contributed by atoms with Crippen LogP contribution in [-0.2, 0) is 0 Å². The Morgan fingerprint density at radius 1 is 1.50 bits per heavy atom. The van der Waals surface area contributed by atoms with Crippen molar-refractivity contribution in [2.24, 2.45) is 16.8 Å². The van der Waals surface area contributed by atoms with Crippen LogP contribution in [0.1, 0.15) is 26.2 Å². The molecule has 1 saturated heterocycles. The van der Waals surface area contributed by atoms with E-state index in [2.05, 4.69) is 15.4 Å². The number of hydrogen-bond donors (Lipinski definition) is 3. The zero-order valence-electron chi connectivity index (χ0n) is 10.2. The molecule has 94 valence electrons. The smallest absolute Gasteiger partial charge is 0.143 e. The highest BCUT2D eigenvalue weighted by molar-refractivity contribution is 5.82. The summed E-state index contributed by atoms with van der Waals surface area (Å²) >= 11 is 0. The molecule has 5 heteroatoms. The Labute approximate surface area is 97.7 Å². The third-order valence-corrected chi connectivity index (χ3v) is 3.10. The second kappa shape index (κ2) is 7.46. The number of rotatable bonds is 7. The maximum Gasteiger partial charge on any atom is 0.143 e. The Morgan fingerprint density at radius 2 is 2.19 bits per heavy atom. The van der Waals surface area contributed by atoms with E-state index in [0.29, 0.717) is 5.84 Å². The first-order valence-electron chi connectivity index (χ1n) is 6.14. The molecule has 1 aliphatic rings. The predicted molar refractivity (Wildman–Crippen MR) is 65.7 cm³/mol. The fourth-order valence-corrected chi connectivity index (χ4v) is 1.96. The van der Waals surface area contributed by atoms with Gasteiger partial charge in [0.1, 0.15) is 5.84 Å². The highest BCUT2D eigenvalue weighted by Crippen LogP contribution is 2.06. The van der Waals surface area contributed by atoms with Crippen LogP contribution < -0.4 is 11.1 Å². The minimum atomic E-state index is 0.0942. The van der Waals surface area contributed by atoms with Crippen LogP contribution in [-0.4, -0.2) is 48.7 Å². The summed E-state index contributed by atoms with van der Waals surface area (Å²) in [5, 5.41) is 14.8. The fraction of sp³-hybridized carbons (Fsp3) is 0.909. The second-order valence-corrected chi connectivity index (χ2v) is 4.53. The standard InChI is InChI=1S/C11H24N4O/c1-10(11(12)14-16)9-13-5-4-8-15-6-2-3-7-15/h10,13,16H,2-9H2,1H3,(H2,12,14). The van der Waals surface area contributed by atoms with Crippen LogP contribution in [0.25, 0.3) is 0 Å². The van der Waals surface area contributed by atoms with E-state index in [-0.39, 0.29) is 5.92 Å². The molecule has 0 amide bonds. The fourth-order valence-electron chi connectivity index (χ4n) is 1.96. The molecule has 16 heavy (non-hydrogen) atoms. The van der Waals surface area contributed by atoms with Crippen LogP contribution in [0.5, 0.6) is 0 Å². The number of nitrogens with zero attached hydrogens (tertiary/aromatic N) is 2. The third-order valence-electron chi connectivity index (χ3n) is 3.10. The maximum atomic E-state index is 8.48. The highest BCUT2D eigenvalue weighted by atomic mass is 16.4. The SMILES string of the molecule is CC(CNCCCN1CCCC1)C(N)=NO. The number of hydrogen-bond acceptors (Lipinski definition) is 4. The van der Waals surface area contributed by atoms with Crippen molar-refractivity contribution >= 4 is 5.84 Å². The van der Waals surface area contributed by atoms with Gasteiger partial charge in [0.05, 0.1) is 0 Å². The van der Waals surface area contributed by atoms with Crippen molar-refractivity contribution in [1.29, 1.82) is 0 Å². The van der Waals surface area contributed by atoms with Crippen LogP contribution in [0.2, 0.25) is 0 Å². The molecule has 0 aromatic heterocycles. The number of nitrogens with two attached hydrogens (primary N) is 1. The van der Waals surface area contributed by atoms with Crippen LogP contribution in [0.3, 0.4) is 0 Å². The van der Waals surface area contributed by atoms with Crippen molar-refractivity contribution in [2.75, 3.05) is 32.7 Å². The van der Waals surface area contributed by atoms with E-state index >= 15 is 0 Å². The topological polar surface area (TPSA) is 73.9 Å². The van der Waals surface area contributed by atoms with Gasteiger partial charge in [0.25, 0.3) is 0 Å². The molecule has 0 radical (unpaired) electrons. The van der Waals surface area contributed by atoms with Gasteiger partial charge in [0.2, 0.25) is 0 Å². The van der Waals surface area contributed by atoms with Gasteiger partial charge in [-0.25, -0.2) is 0 Å². The van der Waals surface area contributed by atoms with Crippen molar-refractivity contribution in [3.05, 3.63) is 0 Å². The normalized spacial score (nSPS) is 20.2. The first-order chi connectivity index (χ1) is 7.74. The van der Waals surface area contributed by atoms with Crippen molar-refractivity contribution in [2.45, 2.75) is 26.2 Å². The number of nitrogens with one attached hydrogen (secondary N) is 1. The van der Waals surface area contributed by atoms with E-state index in [4.69, 9.17) is 10.9 Å². The summed E-state index contributed by atoms with van der Waals surface area (Å²) in [7, 11) is 0. The quantitative estimate of drug-likeness (QED) is 0.194. The number of amidine groups is 1. The van der Waals surface area contributed by atoms with Gasteiger partial charge in [0.15, 0.2) is 0 Å². The monoisotopic (exact) mass is 228 g/mol. The lowest BCUT2D eigenvalue weighted by atomic mass is 10.1. The molecular formula is C11H24N4O. The van der Waals surface area contributed by atoms with Crippen LogP contribution in [0.15, 0.2) is 5.16 Å². The van der Waals surface area contributed by atoms with Gasteiger partial charge in [-0.3, -0.25) is 0 Å². The molecule has 0 aliphatic carbocycles. The summed E-state index contributed by atoms with van der Waals surface area (Å²) in [6.07, 6.45) is 3.88. The summed E-state index contributed by atoms with van der Waals surface area (Å²) in [6.45, 7) is 7.43. The van der Waals surface area contributed by atoms with Gasteiger partial charge >= 0.3 is 0 Å². The van der Waals surface area contributed by atoms with E-state index in [1.54, 1.807) is 0 Å². The zero-order chi connectivity index (χ0) is 11.8. The van der Waals surface area contributed by atoms with E-state index in [1.165, 1.54) is 38.9 Å². The van der Waals surface area contributed by atoms with E-state index in [0.717, 1.165) is 13.1 Å². The first kappa shape index (κ1) is 13.3. The molecule has 0 saturated carbocycles. The van der Waals surface area contributed by atoms with E-state index < -0.39 is 0 Å². The molecule has 1 atom stereocenters. The summed E-state index contributed by atoms with van der Waals surface area (Å²) in [6, 6.07) is 0. The summed E-state index contributed by atoms with van der Waals surface area (Å²) in [4.78, 5) is 2.51. The molecular weight excluding hydrogens is 204 g/mol. The molecule has 0 aromatic rings. The Bertz CT molecular complexity index is 214. The number of likely N-dealkylation sites (tertiary alicyclic amines) is 1. The summed E-state index contributed by atoms with van der Waals surface area (Å²) < 4.78 is 0. The minimum absolute atomic E-state index is 0.0942. The van der Waals surface area contributed by atoms with E-state index in [9.17, 15) is 0 Å². The summed E-state index contributed by atoms with van der Waals surface area (Å²) in [5.41, 5.74) is 5.48. The Kier molecular flexibility index (Phi) is 6.18. The maximum absolute atomic E-state index is 8.48. The predicted octanol–water partition coefficient (Wildman–Crippen LogP) is 0.444. The lowest BCUT2D eigenvalue weighted by Crippen LogP contribution is -2.33. The molecule has 0 spiro atoms. The van der Waals surface area contributed by atoms with Gasteiger partial charge in [-0.1, -0.05) is 12.1 Å². The molecule has 0 bridgehead atoms. The first-order valence-corrected chi connectivity index (χ1v) is 6.14. The lowest BCUT2D eigenvalue weighted by Gasteiger charge is -2.15. The largest absolute Gasteiger partial charge is 0.409 e. The average Bonchev–Trinajstić information content (AvgIpc) is 2.80. The molecule has 1 rings (SSSR count). The minimum Gasteiger partial charge on any atom is -0.409 e. The van der Waals surface area contributed by atoms with Crippen molar-refractivity contribution in [1.82, 2.24) is 10.2 Å². The molecule has 0 aromatic carbocycles. The Morgan fingerprint density at radius 3 is 2.81 bits per heavy atom. The highest BCUT2D eigenvalue weighted by Gasteiger charge is 2.10. The van der Waals surface area contributed by atoms with Crippen molar-refractivity contribution in [3.63, 3.8) is 0 Å². The lowest BCUT2D eigenvalue weighted by molar-refractivity contribution is 0.313. The number of oxime groups is 1. The van der Waals surface area contributed by atoms with Crippen LogP contribution in [0.4, 0.5) is 0 Å². The molecule has 1 unspecified atom stereocenters. The van der Waals surface area contributed by atoms with Crippen molar-refractivity contribution < 1.29 is 5.21 Å². The van der Waals surface area contributed by atoms with E-state index in [1.807, 2.05) is 6.92 Å². The van der Waals surface area contributed by atoms with Crippen molar-refractivity contribution in [3.8, 4) is 0 Å². The van der Waals surface area contributed by atoms with Crippen LogP contribution >= 0.6 is 0 Å².